The zero-order valence-electron chi connectivity index (χ0n) is 14.3. The summed E-state index contributed by atoms with van der Waals surface area (Å²) in [6.45, 7) is 5.43. The molecular weight excluding hydrogens is 306 g/mol. The van der Waals surface area contributed by atoms with Gasteiger partial charge in [-0.1, -0.05) is 19.0 Å². The Kier molecular flexibility index (Phi) is 4.78. The highest BCUT2D eigenvalue weighted by atomic mass is 16.5. The molecule has 3 heterocycles. The van der Waals surface area contributed by atoms with Gasteiger partial charge in [0.1, 0.15) is 5.82 Å². The molecule has 0 unspecified atom stereocenters. The minimum absolute atomic E-state index is 0.0159. The first kappa shape index (κ1) is 16.4. The third-order valence-electron chi connectivity index (χ3n) is 4.29. The fraction of sp³-hybridized carbons (Fsp3) is 0.529. The molecule has 1 aliphatic rings. The van der Waals surface area contributed by atoms with Gasteiger partial charge in [0.25, 0.3) is 5.91 Å². The Morgan fingerprint density at radius 1 is 1.46 bits per heavy atom. The number of piperidine rings is 1. The minimum atomic E-state index is 0.0159. The molecule has 0 spiro atoms. The molecule has 1 saturated heterocycles. The van der Waals surface area contributed by atoms with Crippen molar-refractivity contribution < 1.29 is 9.32 Å². The molecule has 2 aromatic rings. The van der Waals surface area contributed by atoms with Crippen molar-refractivity contribution in [1.82, 2.24) is 20.0 Å². The van der Waals surface area contributed by atoms with Crippen LogP contribution in [0.1, 0.15) is 60.6 Å². The number of amides is 1. The third kappa shape index (κ3) is 3.39. The number of likely N-dealkylation sites (tertiary alicyclic amines) is 1. The van der Waals surface area contributed by atoms with Crippen LogP contribution in [0.5, 0.6) is 0 Å². The second-order valence-corrected chi connectivity index (χ2v) is 6.42. The quantitative estimate of drug-likeness (QED) is 0.928. The highest BCUT2D eigenvalue weighted by Gasteiger charge is 2.29. The Morgan fingerprint density at radius 3 is 3.00 bits per heavy atom. The van der Waals surface area contributed by atoms with Gasteiger partial charge in [-0.2, -0.15) is 4.98 Å². The molecule has 7 nitrogen and oxygen atoms in total. The van der Waals surface area contributed by atoms with Crippen LogP contribution in [0.25, 0.3) is 0 Å². The van der Waals surface area contributed by atoms with Gasteiger partial charge in [0.15, 0.2) is 5.82 Å². The van der Waals surface area contributed by atoms with Crippen LogP contribution in [0.15, 0.2) is 22.9 Å². The molecule has 3 rings (SSSR count). The second kappa shape index (κ2) is 6.98. The SMILES string of the molecule is CNc1cc(C(=O)N2CCC[C@@H](c3nc(C(C)C)no3)C2)ccn1. The lowest BCUT2D eigenvalue weighted by atomic mass is 9.97. The first-order chi connectivity index (χ1) is 11.6. The Labute approximate surface area is 141 Å². The number of anilines is 1. The molecule has 1 fully saturated rings. The van der Waals surface area contributed by atoms with E-state index in [-0.39, 0.29) is 17.7 Å². The van der Waals surface area contributed by atoms with Crippen LogP contribution in [0.4, 0.5) is 5.82 Å². The largest absolute Gasteiger partial charge is 0.373 e. The summed E-state index contributed by atoms with van der Waals surface area (Å²) in [4.78, 5) is 23.3. The summed E-state index contributed by atoms with van der Waals surface area (Å²) in [6.07, 6.45) is 3.54. The van der Waals surface area contributed by atoms with Gasteiger partial charge in [0, 0.05) is 37.8 Å². The van der Waals surface area contributed by atoms with E-state index < -0.39 is 0 Å². The number of rotatable bonds is 4. The Bertz CT molecular complexity index is 713. The second-order valence-electron chi connectivity index (χ2n) is 6.42. The Morgan fingerprint density at radius 2 is 2.29 bits per heavy atom. The molecule has 1 aliphatic heterocycles. The summed E-state index contributed by atoms with van der Waals surface area (Å²) < 4.78 is 5.42. The molecule has 2 aromatic heterocycles. The van der Waals surface area contributed by atoms with Crippen molar-refractivity contribution in [2.45, 2.75) is 38.5 Å². The van der Waals surface area contributed by atoms with Crippen molar-refractivity contribution in [3.63, 3.8) is 0 Å². The minimum Gasteiger partial charge on any atom is -0.373 e. The highest BCUT2D eigenvalue weighted by Crippen LogP contribution is 2.27. The van der Waals surface area contributed by atoms with Gasteiger partial charge >= 0.3 is 0 Å². The average molecular weight is 329 g/mol. The molecule has 0 aliphatic carbocycles. The van der Waals surface area contributed by atoms with Gasteiger partial charge in [-0.3, -0.25) is 4.79 Å². The number of nitrogens with zero attached hydrogens (tertiary/aromatic N) is 4. The van der Waals surface area contributed by atoms with Crippen LogP contribution < -0.4 is 5.32 Å². The molecule has 0 radical (unpaired) electrons. The zero-order valence-corrected chi connectivity index (χ0v) is 14.3. The maximum absolute atomic E-state index is 12.8. The third-order valence-corrected chi connectivity index (χ3v) is 4.29. The summed E-state index contributed by atoms with van der Waals surface area (Å²) in [5.41, 5.74) is 0.642. The monoisotopic (exact) mass is 329 g/mol. The number of pyridine rings is 1. The van der Waals surface area contributed by atoms with Gasteiger partial charge < -0.3 is 14.7 Å². The van der Waals surface area contributed by atoms with E-state index in [2.05, 4.69) is 20.4 Å². The molecule has 0 saturated carbocycles. The lowest BCUT2D eigenvalue weighted by Gasteiger charge is -2.31. The summed E-state index contributed by atoms with van der Waals surface area (Å²) in [7, 11) is 1.79. The molecule has 128 valence electrons. The van der Waals surface area contributed by atoms with Crippen LogP contribution in [-0.2, 0) is 0 Å². The van der Waals surface area contributed by atoms with Crippen molar-refractivity contribution in [2.24, 2.45) is 0 Å². The number of aromatic nitrogens is 3. The van der Waals surface area contributed by atoms with Gasteiger partial charge in [-0.25, -0.2) is 4.98 Å². The number of nitrogens with one attached hydrogen (secondary N) is 1. The van der Waals surface area contributed by atoms with Crippen molar-refractivity contribution in [2.75, 3.05) is 25.5 Å². The van der Waals surface area contributed by atoms with Crippen molar-refractivity contribution in [3.8, 4) is 0 Å². The molecule has 0 bridgehead atoms. The predicted molar refractivity (Wildman–Crippen MR) is 90.0 cm³/mol. The maximum Gasteiger partial charge on any atom is 0.254 e. The predicted octanol–water partition coefficient (Wildman–Crippen LogP) is 2.65. The van der Waals surface area contributed by atoms with E-state index in [0.29, 0.717) is 23.8 Å². The van der Waals surface area contributed by atoms with Crippen LogP contribution in [0.3, 0.4) is 0 Å². The standard InChI is InChI=1S/C17H23N5O2/c1-11(2)15-20-16(24-21-15)13-5-4-8-22(10-13)17(23)12-6-7-19-14(9-12)18-3/h6-7,9,11,13H,4-5,8,10H2,1-3H3,(H,18,19)/t13-/m1/s1. The molecule has 1 atom stereocenters. The first-order valence-corrected chi connectivity index (χ1v) is 8.35. The van der Waals surface area contributed by atoms with E-state index in [1.165, 1.54) is 0 Å². The van der Waals surface area contributed by atoms with E-state index in [1.54, 1.807) is 25.4 Å². The number of hydrogen-bond donors (Lipinski definition) is 1. The number of carbonyl (C=O) groups is 1. The average Bonchev–Trinajstić information content (AvgIpc) is 3.12. The van der Waals surface area contributed by atoms with Crippen LogP contribution >= 0.6 is 0 Å². The fourth-order valence-electron chi connectivity index (χ4n) is 2.89. The molecule has 24 heavy (non-hydrogen) atoms. The summed E-state index contributed by atoms with van der Waals surface area (Å²) in [6, 6.07) is 3.52. The molecule has 0 aromatic carbocycles. The van der Waals surface area contributed by atoms with Gasteiger partial charge in [-0.15, -0.1) is 0 Å². The smallest absolute Gasteiger partial charge is 0.254 e. The number of hydrogen-bond acceptors (Lipinski definition) is 6. The first-order valence-electron chi connectivity index (χ1n) is 8.35. The Balaban J connectivity index is 1.73. The molecule has 7 heteroatoms. The van der Waals surface area contributed by atoms with Crippen molar-refractivity contribution in [1.29, 1.82) is 0 Å². The molecule has 1 amide bonds. The maximum atomic E-state index is 12.8. The van der Waals surface area contributed by atoms with Crippen LogP contribution in [0.2, 0.25) is 0 Å². The molecular formula is C17H23N5O2. The van der Waals surface area contributed by atoms with Crippen LogP contribution in [0, 0.1) is 0 Å². The highest BCUT2D eigenvalue weighted by molar-refractivity contribution is 5.94. The van der Waals surface area contributed by atoms with Crippen LogP contribution in [-0.4, -0.2) is 46.1 Å². The lowest BCUT2D eigenvalue weighted by Crippen LogP contribution is -2.39. The lowest BCUT2D eigenvalue weighted by molar-refractivity contribution is 0.0695. The number of carbonyl (C=O) groups excluding carboxylic acids is 1. The van der Waals surface area contributed by atoms with E-state index >= 15 is 0 Å². The van der Waals surface area contributed by atoms with Gasteiger partial charge in [0.2, 0.25) is 5.89 Å². The summed E-state index contributed by atoms with van der Waals surface area (Å²) in [5.74, 6) is 2.41. The zero-order chi connectivity index (χ0) is 17.1. The molecule has 1 N–H and O–H groups in total. The van der Waals surface area contributed by atoms with Crippen molar-refractivity contribution >= 4 is 11.7 Å². The normalized spacial score (nSPS) is 18.0. The van der Waals surface area contributed by atoms with E-state index in [4.69, 9.17) is 4.52 Å². The van der Waals surface area contributed by atoms with E-state index in [0.717, 1.165) is 25.2 Å². The van der Waals surface area contributed by atoms with Gasteiger partial charge in [0.05, 0.1) is 5.92 Å². The summed E-state index contributed by atoms with van der Waals surface area (Å²) in [5, 5.41) is 6.99. The van der Waals surface area contributed by atoms with Crippen molar-refractivity contribution in [3.05, 3.63) is 35.6 Å². The van der Waals surface area contributed by atoms with E-state index in [1.807, 2.05) is 18.7 Å². The Hall–Kier alpha value is -2.44. The van der Waals surface area contributed by atoms with E-state index in [9.17, 15) is 4.79 Å². The fourth-order valence-corrected chi connectivity index (χ4v) is 2.89. The topological polar surface area (TPSA) is 84.2 Å². The van der Waals surface area contributed by atoms with Gasteiger partial charge in [-0.05, 0) is 25.0 Å². The summed E-state index contributed by atoms with van der Waals surface area (Å²) >= 11 is 0.